The summed E-state index contributed by atoms with van der Waals surface area (Å²) in [6, 6.07) is 0. The zero-order chi connectivity index (χ0) is 9.56. The Hall–Kier alpha value is -0.450. The Labute approximate surface area is 72.2 Å². The molecule has 0 unspecified atom stereocenters. The summed E-state index contributed by atoms with van der Waals surface area (Å²) in [4.78, 5) is 10.9. The van der Waals surface area contributed by atoms with Crippen LogP contribution in [-0.2, 0) is 9.53 Å². The summed E-state index contributed by atoms with van der Waals surface area (Å²) in [6.45, 7) is 3.25. The summed E-state index contributed by atoms with van der Waals surface area (Å²) in [5.41, 5.74) is 0. The van der Waals surface area contributed by atoms with Gasteiger partial charge in [0.1, 0.15) is 12.7 Å². The van der Waals surface area contributed by atoms with Crippen molar-refractivity contribution in [2.45, 2.75) is 20.0 Å². The lowest BCUT2D eigenvalue weighted by Crippen LogP contribution is -2.23. The van der Waals surface area contributed by atoms with Crippen molar-refractivity contribution in [2.75, 3.05) is 19.8 Å². The highest BCUT2D eigenvalue weighted by molar-refractivity contribution is 5.81. The highest BCUT2D eigenvalue weighted by atomic mass is 16.5. The minimum Gasteiger partial charge on any atom is -0.394 e. The van der Waals surface area contributed by atoms with E-state index in [-0.39, 0.29) is 31.5 Å². The van der Waals surface area contributed by atoms with Crippen molar-refractivity contribution in [3.8, 4) is 0 Å². The van der Waals surface area contributed by atoms with Crippen molar-refractivity contribution >= 4 is 5.78 Å². The lowest BCUT2D eigenvalue weighted by atomic mass is 10.1. The van der Waals surface area contributed by atoms with Crippen LogP contribution in [0.5, 0.6) is 0 Å². The molecule has 2 N–H and O–H groups in total. The second-order valence-electron chi connectivity index (χ2n) is 2.97. The van der Waals surface area contributed by atoms with Crippen LogP contribution < -0.4 is 0 Å². The van der Waals surface area contributed by atoms with Crippen LogP contribution in [0.3, 0.4) is 0 Å². The highest BCUT2D eigenvalue weighted by Crippen LogP contribution is 1.94. The maximum atomic E-state index is 10.9. The van der Waals surface area contributed by atoms with Crippen molar-refractivity contribution < 1.29 is 19.7 Å². The summed E-state index contributed by atoms with van der Waals surface area (Å²) in [5, 5.41) is 17.2. The van der Waals surface area contributed by atoms with Gasteiger partial charge in [-0.25, -0.2) is 0 Å². The van der Waals surface area contributed by atoms with Crippen molar-refractivity contribution in [3.05, 3.63) is 0 Å². The Morgan fingerprint density at radius 3 is 2.50 bits per heavy atom. The molecule has 0 radical (unpaired) electrons. The third kappa shape index (κ3) is 5.23. The van der Waals surface area contributed by atoms with Gasteiger partial charge in [0.25, 0.3) is 0 Å². The van der Waals surface area contributed by atoms with Crippen LogP contribution in [0.15, 0.2) is 0 Å². The summed E-state index contributed by atoms with van der Waals surface area (Å²) in [7, 11) is 0. The molecule has 0 aromatic heterocycles. The predicted molar refractivity (Wildman–Crippen MR) is 43.8 cm³/mol. The topological polar surface area (TPSA) is 66.8 Å². The van der Waals surface area contributed by atoms with E-state index in [0.717, 1.165) is 0 Å². The molecule has 12 heavy (non-hydrogen) atoms. The first-order chi connectivity index (χ1) is 5.57. The van der Waals surface area contributed by atoms with E-state index in [1.54, 1.807) is 13.8 Å². The molecule has 4 nitrogen and oxygen atoms in total. The van der Waals surface area contributed by atoms with Gasteiger partial charge < -0.3 is 14.9 Å². The molecule has 0 saturated heterocycles. The third-order valence-electron chi connectivity index (χ3n) is 1.41. The van der Waals surface area contributed by atoms with Gasteiger partial charge in [-0.1, -0.05) is 13.8 Å². The number of aliphatic hydroxyl groups is 2. The third-order valence-corrected chi connectivity index (χ3v) is 1.41. The van der Waals surface area contributed by atoms with E-state index in [1.807, 2.05) is 0 Å². The summed E-state index contributed by atoms with van der Waals surface area (Å²) < 4.78 is 4.85. The molecule has 0 aliphatic rings. The SMILES string of the molecule is CC(C)C(=O)COC[C@H](O)CO. The molecule has 1 atom stereocenters. The van der Waals surface area contributed by atoms with Gasteiger partial charge in [0, 0.05) is 5.92 Å². The lowest BCUT2D eigenvalue weighted by Gasteiger charge is -2.08. The van der Waals surface area contributed by atoms with Gasteiger partial charge in [-0.3, -0.25) is 4.79 Å². The monoisotopic (exact) mass is 176 g/mol. The highest BCUT2D eigenvalue weighted by Gasteiger charge is 2.08. The molecule has 72 valence electrons. The quantitative estimate of drug-likeness (QED) is 0.577. The number of carbonyl (C=O) groups excluding carboxylic acids is 1. The van der Waals surface area contributed by atoms with Crippen LogP contribution in [0.4, 0.5) is 0 Å². The number of Topliss-reactive ketones (excluding diaryl/α,β-unsaturated/α-hetero) is 1. The van der Waals surface area contributed by atoms with Gasteiger partial charge in [-0.05, 0) is 0 Å². The molecular formula is C8H16O4. The van der Waals surface area contributed by atoms with E-state index in [2.05, 4.69) is 0 Å². The van der Waals surface area contributed by atoms with E-state index >= 15 is 0 Å². The Morgan fingerprint density at radius 1 is 1.50 bits per heavy atom. The Balaban J connectivity index is 3.37. The number of ketones is 1. The van der Waals surface area contributed by atoms with Crippen molar-refractivity contribution in [3.63, 3.8) is 0 Å². The normalized spacial score (nSPS) is 13.4. The predicted octanol–water partition coefficient (Wildman–Crippen LogP) is -0.419. The van der Waals surface area contributed by atoms with E-state index in [0.29, 0.717) is 0 Å². The molecule has 0 amide bonds. The summed E-state index contributed by atoms with van der Waals surface area (Å²) in [5.74, 6) is -0.0450. The molecule has 0 aliphatic carbocycles. The van der Waals surface area contributed by atoms with Gasteiger partial charge >= 0.3 is 0 Å². The summed E-state index contributed by atoms with van der Waals surface area (Å²) >= 11 is 0. The molecule has 0 aliphatic heterocycles. The minimum absolute atomic E-state index is 0.000129. The number of rotatable bonds is 6. The van der Waals surface area contributed by atoms with E-state index in [1.165, 1.54) is 0 Å². The number of ether oxygens (including phenoxy) is 1. The van der Waals surface area contributed by atoms with Crippen molar-refractivity contribution in [1.29, 1.82) is 0 Å². The maximum absolute atomic E-state index is 10.9. The van der Waals surface area contributed by atoms with E-state index in [4.69, 9.17) is 14.9 Å². The number of hydrogen-bond acceptors (Lipinski definition) is 4. The second-order valence-corrected chi connectivity index (χ2v) is 2.97. The molecule has 0 rings (SSSR count). The van der Waals surface area contributed by atoms with Crippen LogP contribution in [0.1, 0.15) is 13.8 Å². The van der Waals surface area contributed by atoms with Crippen LogP contribution in [0.2, 0.25) is 0 Å². The fourth-order valence-electron chi connectivity index (χ4n) is 0.515. The lowest BCUT2D eigenvalue weighted by molar-refractivity contribution is -0.127. The van der Waals surface area contributed by atoms with Crippen LogP contribution in [-0.4, -0.2) is 41.9 Å². The largest absolute Gasteiger partial charge is 0.394 e. The fourth-order valence-corrected chi connectivity index (χ4v) is 0.515. The van der Waals surface area contributed by atoms with Gasteiger partial charge in [0.2, 0.25) is 0 Å². The standard InChI is InChI=1S/C8H16O4/c1-6(2)8(11)5-12-4-7(10)3-9/h6-7,9-10H,3-5H2,1-2H3/t7-/m1/s1. The van der Waals surface area contributed by atoms with Gasteiger partial charge in [0.05, 0.1) is 13.2 Å². The zero-order valence-electron chi connectivity index (χ0n) is 7.49. The van der Waals surface area contributed by atoms with Crippen LogP contribution >= 0.6 is 0 Å². The van der Waals surface area contributed by atoms with Gasteiger partial charge in [-0.2, -0.15) is 0 Å². The molecule has 0 fully saturated rings. The Bertz CT molecular complexity index is 133. The van der Waals surface area contributed by atoms with Gasteiger partial charge in [0.15, 0.2) is 5.78 Å². The summed E-state index contributed by atoms with van der Waals surface area (Å²) in [6.07, 6.45) is -0.884. The molecular weight excluding hydrogens is 160 g/mol. The number of carbonyl (C=O) groups is 1. The molecule has 0 aromatic rings. The first-order valence-electron chi connectivity index (χ1n) is 3.97. The molecule has 0 aromatic carbocycles. The Morgan fingerprint density at radius 2 is 2.08 bits per heavy atom. The smallest absolute Gasteiger partial charge is 0.160 e. The molecule has 0 spiro atoms. The molecule has 0 heterocycles. The van der Waals surface area contributed by atoms with Gasteiger partial charge in [-0.15, -0.1) is 0 Å². The molecule has 0 bridgehead atoms. The second kappa shape index (κ2) is 6.11. The molecule has 4 heteroatoms. The minimum atomic E-state index is -0.884. The van der Waals surface area contributed by atoms with Crippen LogP contribution in [0.25, 0.3) is 0 Å². The zero-order valence-corrected chi connectivity index (χ0v) is 7.49. The maximum Gasteiger partial charge on any atom is 0.160 e. The van der Waals surface area contributed by atoms with Crippen LogP contribution in [0, 0.1) is 5.92 Å². The Kier molecular flexibility index (Phi) is 5.88. The number of hydrogen-bond donors (Lipinski definition) is 2. The van der Waals surface area contributed by atoms with Crippen molar-refractivity contribution in [2.24, 2.45) is 5.92 Å². The first kappa shape index (κ1) is 11.6. The first-order valence-corrected chi connectivity index (χ1v) is 3.97. The molecule has 0 saturated carbocycles. The van der Waals surface area contributed by atoms with Crippen molar-refractivity contribution in [1.82, 2.24) is 0 Å². The fraction of sp³-hybridized carbons (Fsp3) is 0.875. The van der Waals surface area contributed by atoms with E-state index in [9.17, 15) is 4.79 Å². The average molecular weight is 176 g/mol. The average Bonchev–Trinajstić information content (AvgIpc) is 2.03. The van der Waals surface area contributed by atoms with E-state index < -0.39 is 6.10 Å². The number of aliphatic hydroxyl groups excluding tert-OH is 2.